The summed E-state index contributed by atoms with van der Waals surface area (Å²) in [6.07, 6.45) is 1.31. The van der Waals surface area contributed by atoms with E-state index in [1.165, 1.54) is 30.3 Å². The molecular formula is C21H16N4O6. The number of carboxylic acids is 1. The van der Waals surface area contributed by atoms with Crippen LogP contribution in [0, 0.1) is 11.8 Å². The molecule has 31 heavy (non-hydrogen) atoms. The number of pyridine rings is 1. The van der Waals surface area contributed by atoms with Crippen molar-refractivity contribution in [3.63, 3.8) is 0 Å². The standard InChI is InChI=1S/C21H16N4O6/c1-31-14-5-4-13-10-25(17(26)15(13)9-14)11-21(19(29)23-20(30)24-21)7-6-12-3-2-8-22-16(12)18(27)28/h2-5,8-9H,10-11H2,1H3,(H,27,28)(H2,23,24,29,30)/t21-/m1/s1. The van der Waals surface area contributed by atoms with E-state index in [0.717, 1.165) is 5.56 Å². The van der Waals surface area contributed by atoms with Crippen LogP contribution in [-0.2, 0) is 11.3 Å². The topological polar surface area (TPSA) is 138 Å². The number of nitrogens with one attached hydrogen (secondary N) is 2. The van der Waals surface area contributed by atoms with Gasteiger partial charge in [-0.2, -0.15) is 0 Å². The Balaban J connectivity index is 1.68. The van der Waals surface area contributed by atoms with Gasteiger partial charge in [-0.1, -0.05) is 17.9 Å². The molecule has 2 aromatic rings. The van der Waals surface area contributed by atoms with E-state index < -0.39 is 23.4 Å². The lowest BCUT2D eigenvalue weighted by molar-refractivity contribution is -0.122. The summed E-state index contributed by atoms with van der Waals surface area (Å²) in [5, 5.41) is 13.9. The minimum atomic E-state index is -1.75. The maximum absolute atomic E-state index is 12.9. The minimum absolute atomic E-state index is 0.0732. The Labute approximate surface area is 176 Å². The summed E-state index contributed by atoms with van der Waals surface area (Å²) < 4.78 is 5.16. The summed E-state index contributed by atoms with van der Waals surface area (Å²) in [5.41, 5.74) is -0.771. The Kier molecular flexibility index (Phi) is 4.79. The lowest BCUT2D eigenvalue weighted by Crippen LogP contribution is -2.54. The highest BCUT2D eigenvalue weighted by molar-refractivity contribution is 6.10. The molecule has 0 radical (unpaired) electrons. The van der Waals surface area contributed by atoms with Crippen molar-refractivity contribution in [2.45, 2.75) is 12.1 Å². The lowest BCUT2D eigenvalue weighted by Gasteiger charge is -2.26. The van der Waals surface area contributed by atoms with Gasteiger partial charge in [-0.25, -0.2) is 14.6 Å². The van der Waals surface area contributed by atoms with E-state index >= 15 is 0 Å². The zero-order chi connectivity index (χ0) is 22.2. The molecule has 10 heteroatoms. The number of hydrogen-bond donors (Lipinski definition) is 3. The Hall–Kier alpha value is -4.39. The van der Waals surface area contributed by atoms with Gasteiger partial charge in [-0.15, -0.1) is 0 Å². The normalized spacial score (nSPS) is 19.3. The van der Waals surface area contributed by atoms with E-state index in [2.05, 4.69) is 27.5 Å². The summed E-state index contributed by atoms with van der Waals surface area (Å²) in [4.78, 5) is 53.9. The molecule has 4 amide bonds. The average molecular weight is 420 g/mol. The van der Waals surface area contributed by atoms with Gasteiger partial charge in [-0.05, 0) is 29.8 Å². The van der Waals surface area contributed by atoms with Crippen molar-refractivity contribution < 1.29 is 29.0 Å². The molecule has 156 valence electrons. The summed E-state index contributed by atoms with van der Waals surface area (Å²) in [6.45, 7) is -0.00587. The van der Waals surface area contributed by atoms with Crippen molar-refractivity contribution >= 4 is 23.8 Å². The SMILES string of the molecule is COc1ccc2c(c1)C(=O)N(C[C@@]1(C#Cc3cccnc3C(=O)O)NC(=O)NC1=O)C2. The van der Waals surface area contributed by atoms with Gasteiger partial charge in [0.15, 0.2) is 5.69 Å². The van der Waals surface area contributed by atoms with Crippen molar-refractivity contribution in [3.8, 4) is 17.6 Å². The second kappa shape index (κ2) is 7.46. The van der Waals surface area contributed by atoms with E-state index in [1.54, 1.807) is 18.2 Å². The third-order valence-corrected chi connectivity index (χ3v) is 4.99. The highest BCUT2D eigenvalue weighted by Crippen LogP contribution is 2.28. The molecule has 3 N–H and O–H groups in total. The van der Waals surface area contributed by atoms with Crippen molar-refractivity contribution in [3.05, 3.63) is 58.9 Å². The highest BCUT2D eigenvalue weighted by atomic mass is 16.5. The van der Waals surface area contributed by atoms with Gasteiger partial charge >= 0.3 is 12.0 Å². The fourth-order valence-corrected chi connectivity index (χ4v) is 3.46. The maximum Gasteiger partial charge on any atom is 0.355 e. The van der Waals surface area contributed by atoms with E-state index in [0.29, 0.717) is 11.3 Å². The predicted octanol–water partition coefficient (Wildman–Crippen LogP) is 0.374. The Morgan fingerprint density at radius 1 is 1.32 bits per heavy atom. The third kappa shape index (κ3) is 3.53. The number of ether oxygens (including phenoxy) is 1. The molecule has 0 spiro atoms. The molecule has 4 rings (SSSR count). The van der Waals surface area contributed by atoms with Crippen molar-refractivity contribution in [2.75, 3.05) is 13.7 Å². The fraction of sp³-hybridized carbons (Fsp3) is 0.190. The number of benzene rings is 1. The molecule has 0 saturated carbocycles. The zero-order valence-electron chi connectivity index (χ0n) is 16.3. The quantitative estimate of drug-likeness (QED) is 0.480. The Morgan fingerprint density at radius 2 is 2.13 bits per heavy atom. The molecule has 1 saturated heterocycles. The number of fused-ring (bicyclic) bond motifs is 1. The van der Waals surface area contributed by atoms with Gasteiger partial charge in [-0.3, -0.25) is 14.9 Å². The van der Waals surface area contributed by atoms with Crippen molar-refractivity contribution in [2.24, 2.45) is 0 Å². The van der Waals surface area contributed by atoms with Crippen LogP contribution in [0.3, 0.4) is 0 Å². The number of imide groups is 1. The number of rotatable bonds is 4. The molecule has 0 unspecified atom stereocenters. The minimum Gasteiger partial charge on any atom is -0.497 e. The first kappa shape index (κ1) is 19.9. The van der Waals surface area contributed by atoms with Gasteiger partial charge in [0, 0.05) is 18.3 Å². The van der Waals surface area contributed by atoms with Crippen LogP contribution in [0.15, 0.2) is 36.5 Å². The predicted molar refractivity (Wildman–Crippen MR) is 105 cm³/mol. The van der Waals surface area contributed by atoms with Crippen LogP contribution in [0.4, 0.5) is 4.79 Å². The number of hydrogen-bond acceptors (Lipinski definition) is 6. The Bertz CT molecular complexity index is 1200. The van der Waals surface area contributed by atoms with E-state index in [-0.39, 0.29) is 30.3 Å². The van der Waals surface area contributed by atoms with Crippen LogP contribution in [0.5, 0.6) is 5.75 Å². The van der Waals surface area contributed by atoms with E-state index in [9.17, 15) is 24.3 Å². The lowest BCUT2D eigenvalue weighted by atomic mass is 9.99. The average Bonchev–Trinajstić information content (AvgIpc) is 3.21. The molecule has 0 aliphatic carbocycles. The molecule has 0 bridgehead atoms. The summed E-state index contributed by atoms with van der Waals surface area (Å²) in [7, 11) is 1.49. The largest absolute Gasteiger partial charge is 0.497 e. The molecule has 2 aliphatic heterocycles. The second-order valence-corrected chi connectivity index (χ2v) is 6.95. The van der Waals surface area contributed by atoms with Gasteiger partial charge in [0.1, 0.15) is 5.75 Å². The number of amides is 4. The zero-order valence-corrected chi connectivity index (χ0v) is 16.3. The van der Waals surface area contributed by atoms with Crippen LogP contribution in [0.2, 0.25) is 0 Å². The van der Waals surface area contributed by atoms with Crippen LogP contribution in [-0.4, -0.2) is 58.0 Å². The van der Waals surface area contributed by atoms with Crippen molar-refractivity contribution in [1.82, 2.24) is 20.5 Å². The molecule has 10 nitrogen and oxygen atoms in total. The summed E-state index contributed by atoms with van der Waals surface area (Å²) in [5.74, 6) is 3.47. The molecular weight excluding hydrogens is 404 g/mol. The monoisotopic (exact) mass is 420 g/mol. The van der Waals surface area contributed by atoms with Crippen LogP contribution < -0.4 is 15.4 Å². The Morgan fingerprint density at radius 3 is 2.81 bits per heavy atom. The smallest absolute Gasteiger partial charge is 0.355 e. The summed E-state index contributed by atoms with van der Waals surface area (Å²) >= 11 is 0. The van der Waals surface area contributed by atoms with Gasteiger partial charge in [0.05, 0.1) is 19.2 Å². The van der Waals surface area contributed by atoms with Gasteiger partial charge in [0.2, 0.25) is 5.54 Å². The first-order valence-electron chi connectivity index (χ1n) is 9.14. The fourth-order valence-electron chi connectivity index (χ4n) is 3.46. The molecule has 2 aliphatic rings. The number of nitrogens with zero attached hydrogens (tertiary/aromatic N) is 2. The number of urea groups is 1. The maximum atomic E-state index is 12.9. The van der Waals surface area contributed by atoms with E-state index in [4.69, 9.17) is 4.74 Å². The molecule has 1 atom stereocenters. The molecule has 1 aromatic heterocycles. The number of carbonyl (C=O) groups is 4. The first-order chi connectivity index (χ1) is 14.8. The van der Waals surface area contributed by atoms with Crippen molar-refractivity contribution in [1.29, 1.82) is 0 Å². The number of methoxy groups -OCH3 is 1. The van der Waals surface area contributed by atoms with Crippen LogP contribution in [0.25, 0.3) is 0 Å². The van der Waals surface area contributed by atoms with Gasteiger partial charge < -0.3 is 20.1 Å². The second-order valence-electron chi connectivity index (χ2n) is 6.95. The van der Waals surface area contributed by atoms with Crippen LogP contribution in [0.1, 0.15) is 32.0 Å². The number of carboxylic acid groups (broad SMARTS) is 1. The van der Waals surface area contributed by atoms with Crippen LogP contribution >= 0.6 is 0 Å². The highest BCUT2D eigenvalue weighted by Gasteiger charge is 2.48. The number of aromatic nitrogens is 1. The molecule has 3 heterocycles. The number of carbonyl (C=O) groups excluding carboxylic acids is 3. The van der Waals surface area contributed by atoms with E-state index in [1.807, 2.05) is 0 Å². The first-order valence-corrected chi connectivity index (χ1v) is 9.14. The molecule has 1 fully saturated rings. The molecule has 1 aromatic carbocycles. The van der Waals surface area contributed by atoms with Gasteiger partial charge in [0.25, 0.3) is 11.8 Å². The summed E-state index contributed by atoms with van der Waals surface area (Å²) in [6, 6.07) is 7.28. The number of aromatic carboxylic acids is 1. The third-order valence-electron chi connectivity index (χ3n) is 4.99.